The van der Waals surface area contributed by atoms with Crippen LogP contribution in [0.15, 0.2) is 30.6 Å². The van der Waals surface area contributed by atoms with E-state index in [2.05, 4.69) is 14.9 Å². The molecule has 21 heavy (non-hydrogen) atoms. The summed E-state index contributed by atoms with van der Waals surface area (Å²) < 4.78 is 41.7. The first-order valence-electron chi connectivity index (χ1n) is 6.43. The maximum Gasteiger partial charge on any atom is 0.215 e. The molecule has 0 aliphatic rings. The van der Waals surface area contributed by atoms with Crippen LogP contribution in [0.5, 0.6) is 0 Å². The Morgan fingerprint density at radius 1 is 1.38 bits per heavy atom. The van der Waals surface area contributed by atoms with E-state index in [4.69, 9.17) is 0 Å². The smallest absolute Gasteiger partial charge is 0.215 e. The molecule has 0 amide bonds. The molecule has 1 heterocycles. The van der Waals surface area contributed by atoms with E-state index in [1.54, 1.807) is 24.0 Å². The maximum atomic E-state index is 13.5. The Morgan fingerprint density at radius 2 is 2.10 bits per heavy atom. The van der Waals surface area contributed by atoms with E-state index in [-0.39, 0.29) is 23.8 Å². The fourth-order valence-electron chi connectivity index (χ4n) is 1.95. The molecule has 1 aromatic heterocycles. The minimum atomic E-state index is -3.60. The lowest BCUT2D eigenvalue weighted by molar-refractivity contribution is 0.562. The van der Waals surface area contributed by atoms with Crippen molar-refractivity contribution >= 4 is 10.0 Å². The van der Waals surface area contributed by atoms with E-state index in [9.17, 15) is 12.8 Å². The summed E-state index contributed by atoms with van der Waals surface area (Å²) in [6.07, 6.45) is 1.56. The molecule has 2 aromatic rings. The van der Waals surface area contributed by atoms with Crippen molar-refractivity contribution in [2.75, 3.05) is 6.54 Å². The summed E-state index contributed by atoms with van der Waals surface area (Å²) in [6.45, 7) is 2.03. The first-order valence-corrected chi connectivity index (χ1v) is 8.09. The van der Waals surface area contributed by atoms with Crippen molar-refractivity contribution in [1.29, 1.82) is 0 Å². The van der Waals surface area contributed by atoms with Gasteiger partial charge < -0.3 is 4.57 Å². The predicted molar refractivity (Wildman–Crippen MR) is 76.4 cm³/mol. The minimum absolute atomic E-state index is 0.132. The van der Waals surface area contributed by atoms with Gasteiger partial charge in [0.05, 0.1) is 5.75 Å². The normalized spacial score (nSPS) is 13.3. The van der Waals surface area contributed by atoms with E-state index in [1.165, 1.54) is 18.2 Å². The summed E-state index contributed by atoms with van der Waals surface area (Å²) >= 11 is 0. The van der Waals surface area contributed by atoms with Gasteiger partial charge in [-0.2, -0.15) is 0 Å². The SMILES string of the molecule is CC(CNS(=O)(=O)Cc1ccccc1F)c1nncn1C. The van der Waals surface area contributed by atoms with Crippen LogP contribution in [0.25, 0.3) is 0 Å². The van der Waals surface area contributed by atoms with Gasteiger partial charge in [-0.15, -0.1) is 10.2 Å². The molecule has 0 fully saturated rings. The Morgan fingerprint density at radius 3 is 2.71 bits per heavy atom. The zero-order valence-corrected chi connectivity index (χ0v) is 12.6. The lowest BCUT2D eigenvalue weighted by atomic mass is 10.2. The number of rotatable bonds is 6. The first-order chi connectivity index (χ1) is 9.89. The second-order valence-corrected chi connectivity index (χ2v) is 6.71. The van der Waals surface area contributed by atoms with Crippen molar-refractivity contribution in [1.82, 2.24) is 19.5 Å². The van der Waals surface area contributed by atoms with Gasteiger partial charge in [-0.1, -0.05) is 25.1 Å². The first kappa shape index (κ1) is 15.6. The Kier molecular flexibility index (Phi) is 4.69. The third-order valence-electron chi connectivity index (χ3n) is 3.10. The van der Waals surface area contributed by atoms with Crippen LogP contribution in [-0.4, -0.2) is 29.7 Å². The summed E-state index contributed by atoms with van der Waals surface area (Å²) in [5, 5.41) is 7.69. The average molecular weight is 312 g/mol. The number of hydrogen-bond donors (Lipinski definition) is 1. The number of sulfonamides is 1. The van der Waals surface area contributed by atoms with Gasteiger partial charge in [-0.05, 0) is 6.07 Å². The van der Waals surface area contributed by atoms with Crippen molar-refractivity contribution < 1.29 is 12.8 Å². The summed E-state index contributed by atoms with van der Waals surface area (Å²) in [5.74, 6) is -0.355. The quantitative estimate of drug-likeness (QED) is 0.869. The highest BCUT2D eigenvalue weighted by Gasteiger charge is 2.18. The highest BCUT2D eigenvalue weighted by atomic mass is 32.2. The Balaban J connectivity index is 1.99. The predicted octanol–water partition coefficient (Wildman–Crippen LogP) is 1.18. The van der Waals surface area contributed by atoms with Crippen molar-refractivity contribution in [2.24, 2.45) is 7.05 Å². The van der Waals surface area contributed by atoms with Crippen molar-refractivity contribution in [3.05, 3.63) is 47.8 Å². The molecule has 0 radical (unpaired) electrons. The molecule has 0 aliphatic heterocycles. The third kappa shape index (κ3) is 4.08. The molecule has 2 rings (SSSR count). The highest BCUT2D eigenvalue weighted by Crippen LogP contribution is 2.12. The van der Waals surface area contributed by atoms with E-state index in [1.807, 2.05) is 6.92 Å². The third-order valence-corrected chi connectivity index (χ3v) is 4.40. The van der Waals surface area contributed by atoms with Crippen molar-refractivity contribution in [2.45, 2.75) is 18.6 Å². The summed E-state index contributed by atoms with van der Waals surface area (Å²) in [4.78, 5) is 0. The highest BCUT2D eigenvalue weighted by molar-refractivity contribution is 7.88. The van der Waals surface area contributed by atoms with E-state index < -0.39 is 15.8 Å². The maximum absolute atomic E-state index is 13.5. The van der Waals surface area contributed by atoms with Gasteiger partial charge in [0, 0.05) is 25.1 Å². The van der Waals surface area contributed by atoms with Crippen LogP contribution in [0, 0.1) is 5.82 Å². The van der Waals surface area contributed by atoms with Gasteiger partial charge in [0.15, 0.2) is 0 Å². The Hall–Kier alpha value is -1.80. The molecular weight excluding hydrogens is 295 g/mol. The van der Waals surface area contributed by atoms with Crippen molar-refractivity contribution in [3.8, 4) is 0 Å². The molecule has 0 spiro atoms. The minimum Gasteiger partial charge on any atom is -0.320 e. The second-order valence-electron chi connectivity index (χ2n) is 4.90. The lowest BCUT2D eigenvalue weighted by Crippen LogP contribution is -2.29. The zero-order chi connectivity index (χ0) is 15.5. The number of aromatic nitrogens is 3. The molecule has 6 nitrogen and oxygen atoms in total. The fraction of sp³-hybridized carbons (Fsp3) is 0.385. The Labute approximate surface area is 123 Å². The van der Waals surface area contributed by atoms with Crippen LogP contribution >= 0.6 is 0 Å². The number of hydrogen-bond acceptors (Lipinski definition) is 4. The molecule has 8 heteroatoms. The zero-order valence-electron chi connectivity index (χ0n) is 11.8. The van der Waals surface area contributed by atoms with Gasteiger partial charge in [0.1, 0.15) is 18.0 Å². The van der Waals surface area contributed by atoms with Crippen LogP contribution in [0.1, 0.15) is 24.2 Å². The van der Waals surface area contributed by atoms with Crippen LogP contribution in [0.2, 0.25) is 0 Å². The van der Waals surface area contributed by atoms with Gasteiger partial charge in [0.2, 0.25) is 10.0 Å². The topological polar surface area (TPSA) is 76.9 Å². The van der Waals surface area contributed by atoms with Crippen LogP contribution in [-0.2, 0) is 22.8 Å². The monoisotopic (exact) mass is 312 g/mol. The average Bonchev–Trinajstić information content (AvgIpc) is 2.85. The molecule has 114 valence electrons. The molecule has 1 atom stereocenters. The fourth-order valence-corrected chi connectivity index (χ4v) is 3.20. The molecular formula is C13H17FN4O2S. The second kappa shape index (κ2) is 6.31. The largest absolute Gasteiger partial charge is 0.320 e. The van der Waals surface area contributed by atoms with Crippen molar-refractivity contribution in [3.63, 3.8) is 0 Å². The molecule has 1 aromatic carbocycles. The molecule has 1 N–H and O–H groups in total. The van der Waals surface area contributed by atoms with Gasteiger partial charge >= 0.3 is 0 Å². The van der Waals surface area contributed by atoms with Gasteiger partial charge in [-0.3, -0.25) is 0 Å². The number of nitrogens with one attached hydrogen (secondary N) is 1. The molecule has 1 unspecified atom stereocenters. The standard InChI is InChI=1S/C13H17FN4O2S/c1-10(13-17-15-9-18(13)2)7-16-21(19,20)8-11-5-3-4-6-12(11)14/h3-6,9-10,16H,7-8H2,1-2H3. The molecule has 0 saturated carbocycles. The number of halogens is 1. The van der Waals surface area contributed by atoms with E-state index in [0.717, 1.165) is 0 Å². The van der Waals surface area contributed by atoms with Crippen LogP contribution in [0.3, 0.4) is 0 Å². The summed E-state index contributed by atoms with van der Waals surface area (Å²) in [7, 11) is -1.81. The van der Waals surface area contributed by atoms with Gasteiger partial charge in [-0.25, -0.2) is 17.5 Å². The number of benzene rings is 1. The lowest BCUT2D eigenvalue weighted by Gasteiger charge is -2.12. The van der Waals surface area contributed by atoms with Crippen LogP contribution in [0.4, 0.5) is 4.39 Å². The van der Waals surface area contributed by atoms with E-state index >= 15 is 0 Å². The van der Waals surface area contributed by atoms with Crippen LogP contribution < -0.4 is 4.72 Å². The molecule has 0 aliphatic carbocycles. The molecule has 0 saturated heterocycles. The van der Waals surface area contributed by atoms with E-state index in [0.29, 0.717) is 5.82 Å². The Bertz CT molecular complexity index is 714. The molecule has 0 bridgehead atoms. The van der Waals surface area contributed by atoms with Gasteiger partial charge in [0.25, 0.3) is 0 Å². The number of nitrogens with zero attached hydrogens (tertiary/aromatic N) is 3. The number of aryl methyl sites for hydroxylation is 1. The summed E-state index contributed by atoms with van der Waals surface area (Å²) in [6, 6.07) is 5.83. The summed E-state index contributed by atoms with van der Waals surface area (Å²) in [5.41, 5.74) is 0.149.